The summed E-state index contributed by atoms with van der Waals surface area (Å²) in [5.74, 6) is 1.09. The summed E-state index contributed by atoms with van der Waals surface area (Å²) >= 11 is 0. The summed E-state index contributed by atoms with van der Waals surface area (Å²) in [6.07, 6.45) is 4.87. The van der Waals surface area contributed by atoms with Crippen LogP contribution in [-0.2, 0) is 0 Å². The third-order valence-corrected chi connectivity index (χ3v) is 4.17. The van der Waals surface area contributed by atoms with E-state index in [1.165, 1.54) is 0 Å². The highest BCUT2D eigenvalue weighted by Crippen LogP contribution is 2.18. The number of carbonyl (C=O) groups excluding carboxylic acids is 1. The minimum Gasteiger partial charge on any atom is -0.437 e. The zero-order chi connectivity index (χ0) is 16.9. The Hall–Kier alpha value is -2.47. The molecule has 3 rings (SSSR count). The number of rotatable bonds is 4. The van der Waals surface area contributed by atoms with E-state index in [1.54, 1.807) is 36.8 Å². The second kappa shape index (κ2) is 7.40. The Morgan fingerprint density at radius 3 is 2.50 bits per heavy atom. The van der Waals surface area contributed by atoms with Crippen LogP contribution in [0, 0.1) is 0 Å². The Morgan fingerprint density at radius 1 is 1.12 bits per heavy atom. The maximum atomic E-state index is 12.6. The van der Waals surface area contributed by atoms with Crippen LogP contribution in [0.4, 0.5) is 0 Å². The van der Waals surface area contributed by atoms with Crippen molar-refractivity contribution in [2.24, 2.45) is 0 Å². The van der Waals surface area contributed by atoms with Gasteiger partial charge in [0.2, 0.25) is 5.88 Å². The van der Waals surface area contributed by atoms with Crippen LogP contribution in [0.25, 0.3) is 0 Å². The van der Waals surface area contributed by atoms with Gasteiger partial charge in [-0.2, -0.15) is 0 Å². The topological polar surface area (TPSA) is 58.6 Å². The van der Waals surface area contributed by atoms with Gasteiger partial charge < -0.3 is 9.64 Å². The van der Waals surface area contributed by atoms with Crippen molar-refractivity contribution < 1.29 is 9.53 Å². The van der Waals surface area contributed by atoms with Gasteiger partial charge in [0.1, 0.15) is 5.75 Å². The first-order chi connectivity index (χ1) is 11.6. The third kappa shape index (κ3) is 3.89. The Balaban J connectivity index is 1.60. The molecule has 6 nitrogen and oxygen atoms in total. The predicted molar refractivity (Wildman–Crippen MR) is 91.2 cm³/mol. The number of hydrogen-bond donors (Lipinski definition) is 0. The molecule has 0 aromatic carbocycles. The zero-order valence-corrected chi connectivity index (χ0v) is 14.1. The lowest BCUT2D eigenvalue weighted by molar-refractivity contribution is 0.0595. The zero-order valence-electron chi connectivity index (χ0n) is 14.1. The van der Waals surface area contributed by atoms with Crippen LogP contribution in [-0.4, -0.2) is 57.9 Å². The highest BCUT2D eigenvalue weighted by Gasteiger charge is 2.23. The molecule has 3 heterocycles. The molecule has 1 amide bonds. The number of carbonyl (C=O) groups is 1. The number of pyridine rings is 2. The highest BCUT2D eigenvalue weighted by atomic mass is 16.5. The fraction of sp³-hybridized carbons (Fsp3) is 0.389. The quantitative estimate of drug-likeness (QED) is 0.864. The van der Waals surface area contributed by atoms with Crippen LogP contribution in [0.5, 0.6) is 11.6 Å². The van der Waals surface area contributed by atoms with Crippen molar-refractivity contribution >= 4 is 5.91 Å². The van der Waals surface area contributed by atoms with Crippen LogP contribution in [0.15, 0.2) is 42.9 Å². The summed E-state index contributed by atoms with van der Waals surface area (Å²) in [5.41, 5.74) is 0.589. The standard InChI is InChI=1S/C18H22N4O2/c1-14(2)21-8-10-22(11-9-21)18(23)15-5-6-17(20-12-15)24-16-4-3-7-19-13-16/h3-7,12-14H,8-11H2,1-2H3. The summed E-state index contributed by atoms with van der Waals surface area (Å²) in [7, 11) is 0. The lowest BCUT2D eigenvalue weighted by atomic mass is 10.2. The maximum absolute atomic E-state index is 12.6. The van der Waals surface area contributed by atoms with Gasteiger partial charge in [0.05, 0.1) is 11.8 Å². The van der Waals surface area contributed by atoms with Crippen molar-refractivity contribution in [1.82, 2.24) is 19.8 Å². The first-order valence-corrected chi connectivity index (χ1v) is 8.21. The van der Waals surface area contributed by atoms with Crippen LogP contribution in [0.1, 0.15) is 24.2 Å². The molecule has 0 N–H and O–H groups in total. The molecule has 24 heavy (non-hydrogen) atoms. The molecule has 0 bridgehead atoms. The lowest BCUT2D eigenvalue weighted by Crippen LogP contribution is -2.50. The molecule has 2 aromatic heterocycles. The number of piperazine rings is 1. The predicted octanol–water partition coefficient (Wildman–Crippen LogP) is 2.44. The van der Waals surface area contributed by atoms with E-state index < -0.39 is 0 Å². The van der Waals surface area contributed by atoms with Gasteiger partial charge in [0, 0.05) is 50.7 Å². The smallest absolute Gasteiger partial charge is 0.255 e. The van der Waals surface area contributed by atoms with Crippen LogP contribution >= 0.6 is 0 Å². The fourth-order valence-electron chi connectivity index (χ4n) is 2.72. The second-order valence-electron chi connectivity index (χ2n) is 6.10. The van der Waals surface area contributed by atoms with E-state index in [1.807, 2.05) is 11.0 Å². The molecule has 1 aliphatic rings. The second-order valence-corrected chi connectivity index (χ2v) is 6.10. The van der Waals surface area contributed by atoms with E-state index in [0.717, 1.165) is 26.2 Å². The van der Waals surface area contributed by atoms with Gasteiger partial charge in [-0.05, 0) is 32.0 Å². The highest BCUT2D eigenvalue weighted by molar-refractivity contribution is 5.94. The van der Waals surface area contributed by atoms with Crippen molar-refractivity contribution in [3.05, 3.63) is 48.4 Å². The Kier molecular flexibility index (Phi) is 5.05. The van der Waals surface area contributed by atoms with Crippen LogP contribution in [0.2, 0.25) is 0 Å². The molecule has 126 valence electrons. The van der Waals surface area contributed by atoms with Gasteiger partial charge >= 0.3 is 0 Å². The first-order valence-electron chi connectivity index (χ1n) is 8.21. The number of nitrogens with zero attached hydrogens (tertiary/aromatic N) is 4. The van der Waals surface area contributed by atoms with E-state index in [2.05, 4.69) is 28.7 Å². The molecular weight excluding hydrogens is 304 g/mol. The third-order valence-electron chi connectivity index (χ3n) is 4.17. The monoisotopic (exact) mass is 326 g/mol. The molecule has 2 aromatic rings. The largest absolute Gasteiger partial charge is 0.437 e. The summed E-state index contributed by atoms with van der Waals surface area (Å²) < 4.78 is 5.59. The molecule has 6 heteroatoms. The molecule has 1 fully saturated rings. The van der Waals surface area contributed by atoms with Crippen LogP contribution in [0.3, 0.4) is 0 Å². The number of hydrogen-bond acceptors (Lipinski definition) is 5. The van der Waals surface area contributed by atoms with E-state index >= 15 is 0 Å². The molecule has 1 aliphatic heterocycles. The van der Waals surface area contributed by atoms with Crippen molar-refractivity contribution in [2.75, 3.05) is 26.2 Å². The Morgan fingerprint density at radius 2 is 1.92 bits per heavy atom. The Bertz CT molecular complexity index is 665. The molecule has 0 aliphatic carbocycles. The summed E-state index contributed by atoms with van der Waals surface area (Å²) in [6.45, 7) is 7.71. The molecule has 0 unspecified atom stereocenters. The van der Waals surface area contributed by atoms with Gasteiger partial charge in [-0.15, -0.1) is 0 Å². The Labute approximate surface area is 142 Å². The van der Waals surface area contributed by atoms with Crippen molar-refractivity contribution in [3.63, 3.8) is 0 Å². The SMILES string of the molecule is CC(C)N1CCN(C(=O)c2ccc(Oc3cccnc3)nc2)CC1. The van der Waals surface area contributed by atoms with Gasteiger partial charge in [0.15, 0.2) is 0 Å². The molecule has 0 saturated carbocycles. The van der Waals surface area contributed by atoms with E-state index in [0.29, 0.717) is 23.2 Å². The molecule has 1 saturated heterocycles. The van der Waals surface area contributed by atoms with E-state index in [-0.39, 0.29) is 5.91 Å². The number of ether oxygens (including phenoxy) is 1. The van der Waals surface area contributed by atoms with Gasteiger partial charge in [-0.3, -0.25) is 14.7 Å². The summed E-state index contributed by atoms with van der Waals surface area (Å²) in [6, 6.07) is 7.60. The summed E-state index contributed by atoms with van der Waals surface area (Å²) in [5, 5.41) is 0. The van der Waals surface area contributed by atoms with Crippen molar-refractivity contribution in [3.8, 4) is 11.6 Å². The average Bonchev–Trinajstić information content (AvgIpc) is 2.63. The van der Waals surface area contributed by atoms with Crippen molar-refractivity contribution in [1.29, 1.82) is 0 Å². The lowest BCUT2D eigenvalue weighted by Gasteiger charge is -2.36. The van der Waals surface area contributed by atoms with E-state index in [4.69, 9.17) is 4.74 Å². The first kappa shape index (κ1) is 16.4. The van der Waals surface area contributed by atoms with Gasteiger partial charge in [-0.1, -0.05) is 0 Å². The van der Waals surface area contributed by atoms with Gasteiger partial charge in [0.25, 0.3) is 5.91 Å². The minimum absolute atomic E-state index is 0.0267. The summed E-state index contributed by atoms with van der Waals surface area (Å²) in [4.78, 5) is 25.0. The number of aromatic nitrogens is 2. The number of amides is 1. The fourth-order valence-corrected chi connectivity index (χ4v) is 2.72. The van der Waals surface area contributed by atoms with E-state index in [9.17, 15) is 4.79 Å². The normalized spacial score (nSPS) is 15.5. The molecule has 0 atom stereocenters. The van der Waals surface area contributed by atoms with Crippen LogP contribution < -0.4 is 4.74 Å². The molecular formula is C18H22N4O2. The molecule has 0 radical (unpaired) electrons. The molecule has 0 spiro atoms. The average molecular weight is 326 g/mol. The van der Waals surface area contributed by atoms with Gasteiger partial charge in [-0.25, -0.2) is 4.98 Å². The minimum atomic E-state index is 0.0267. The maximum Gasteiger partial charge on any atom is 0.255 e. The van der Waals surface area contributed by atoms with Crippen molar-refractivity contribution in [2.45, 2.75) is 19.9 Å².